The van der Waals surface area contributed by atoms with Gasteiger partial charge in [-0.15, -0.1) is 17.3 Å². The van der Waals surface area contributed by atoms with Crippen molar-refractivity contribution in [2.75, 3.05) is 0 Å². The molecule has 1 aliphatic carbocycles. The van der Waals surface area contributed by atoms with Crippen molar-refractivity contribution in [2.24, 2.45) is 16.6 Å². The average Bonchev–Trinajstić information content (AvgIpc) is 3.12. The quantitative estimate of drug-likeness (QED) is 0.592. The van der Waals surface area contributed by atoms with Crippen molar-refractivity contribution < 1.29 is 4.79 Å². The van der Waals surface area contributed by atoms with Gasteiger partial charge in [0.1, 0.15) is 6.29 Å². The van der Waals surface area contributed by atoms with Gasteiger partial charge >= 0.3 is 0 Å². The van der Waals surface area contributed by atoms with E-state index in [4.69, 9.17) is 10.7 Å². The molecule has 0 amide bonds. The fourth-order valence-corrected chi connectivity index (χ4v) is 7.14. The topological polar surface area (TPSA) is 68.3 Å². The highest BCUT2D eigenvalue weighted by molar-refractivity contribution is 8.15. The Bertz CT molecular complexity index is 994. The lowest BCUT2D eigenvalue weighted by molar-refractivity contribution is -0.109. The molecule has 2 N–H and O–H groups in total. The van der Waals surface area contributed by atoms with E-state index < -0.39 is 0 Å². The maximum atomic E-state index is 10.8. The standard InChI is InChI=1S/C22H23N3OS2/c1-3-4-15-7-17(12-24-11-15)18-8-19(27-13-18)21(2)14-22(28-20(23)25-21)9-16(10-22)5-6-26/h6-8,11-13,16H,5,9-10,14H2,1-2H3,(H2,23,25). The molecular weight excluding hydrogens is 386 g/mol. The Labute approximate surface area is 174 Å². The second-order valence-electron chi connectivity index (χ2n) is 7.90. The van der Waals surface area contributed by atoms with Crippen LogP contribution < -0.4 is 5.73 Å². The smallest absolute Gasteiger partial charge is 0.155 e. The molecule has 28 heavy (non-hydrogen) atoms. The third-order valence-electron chi connectivity index (χ3n) is 5.57. The summed E-state index contributed by atoms with van der Waals surface area (Å²) in [7, 11) is 0. The Morgan fingerprint density at radius 1 is 1.32 bits per heavy atom. The second-order valence-corrected chi connectivity index (χ2v) is 10.3. The van der Waals surface area contributed by atoms with E-state index in [-0.39, 0.29) is 10.3 Å². The number of thiophene rings is 1. The molecule has 0 aromatic carbocycles. The number of nitrogens with zero attached hydrogens (tertiary/aromatic N) is 2. The van der Waals surface area contributed by atoms with Gasteiger partial charge in [-0.1, -0.05) is 17.7 Å². The van der Waals surface area contributed by atoms with Crippen LogP contribution in [-0.2, 0) is 10.3 Å². The molecule has 1 aliphatic heterocycles. The number of nitrogens with two attached hydrogens (primary N) is 1. The van der Waals surface area contributed by atoms with Gasteiger partial charge < -0.3 is 10.5 Å². The van der Waals surface area contributed by atoms with Crippen molar-refractivity contribution in [1.29, 1.82) is 0 Å². The minimum atomic E-state index is -0.321. The highest BCUT2D eigenvalue weighted by atomic mass is 32.2. The van der Waals surface area contributed by atoms with Crippen molar-refractivity contribution in [3.63, 3.8) is 0 Å². The number of aliphatic imine (C=N–C) groups is 1. The maximum Gasteiger partial charge on any atom is 0.155 e. The summed E-state index contributed by atoms with van der Waals surface area (Å²) in [5, 5.41) is 2.83. The van der Waals surface area contributed by atoms with Crippen LogP contribution in [0.4, 0.5) is 0 Å². The molecular formula is C22H23N3OS2. The highest BCUT2D eigenvalue weighted by Gasteiger charge is 2.52. The van der Waals surface area contributed by atoms with Crippen LogP contribution in [0.1, 0.15) is 50.0 Å². The third-order valence-corrected chi connectivity index (χ3v) is 7.96. The number of hydrogen-bond acceptors (Lipinski definition) is 6. The molecule has 0 saturated heterocycles. The lowest BCUT2D eigenvalue weighted by Gasteiger charge is -2.52. The van der Waals surface area contributed by atoms with Crippen LogP contribution in [-0.4, -0.2) is 21.2 Å². The first kappa shape index (κ1) is 19.2. The molecule has 1 atom stereocenters. The zero-order valence-electron chi connectivity index (χ0n) is 16.1. The summed E-state index contributed by atoms with van der Waals surface area (Å²) in [6, 6.07) is 4.29. The molecule has 6 heteroatoms. The van der Waals surface area contributed by atoms with E-state index in [0.717, 1.165) is 42.2 Å². The predicted molar refractivity (Wildman–Crippen MR) is 117 cm³/mol. The van der Waals surface area contributed by atoms with E-state index in [9.17, 15) is 4.79 Å². The van der Waals surface area contributed by atoms with Crippen molar-refractivity contribution >= 4 is 34.6 Å². The van der Waals surface area contributed by atoms with Crippen LogP contribution in [0.25, 0.3) is 11.1 Å². The van der Waals surface area contributed by atoms with Crippen LogP contribution in [0.3, 0.4) is 0 Å². The first-order chi connectivity index (χ1) is 13.5. The molecule has 144 valence electrons. The van der Waals surface area contributed by atoms with E-state index in [1.165, 1.54) is 4.88 Å². The second kappa shape index (κ2) is 7.38. The molecule has 2 aliphatic rings. The first-order valence-corrected chi connectivity index (χ1v) is 11.1. The summed E-state index contributed by atoms with van der Waals surface area (Å²) in [5.74, 6) is 6.48. The largest absolute Gasteiger partial charge is 0.378 e. The normalized spacial score (nSPS) is 28.8. The zero-order chi connectivity index (χ0) is 19.8. The van der Waals surface area contributed by atoms with E-state index in [1.54, 1.807) is 29.3 Å². The number of amidine groups is 1. The number of rotatable bonds is 4. The number of aldehydes is 1. The van der Waals surface area contributed by atoms with Gasteiger partial charge in [0.2, 0.25) is 0 Å². The summed E-state index contributed by atoms with van der Waals surface area (Å²) in [5.41, 5.74) is 9.05. The molecule has 3 heterocycles. The Kier molecular flexibility index (Phi) is 5.07. The van der Waals surface area contributed by atoms with Gasteiger partial charge in [-0.3, -0.25) is 9.98 Å². The lowest BCUT2D eigenvalue weighted by atomic mass is 9.67. The summed E-state index contributed by atoms with van der Waals surface area (Å²) in [6.07, 6.45) is 8.40. The molecule has 2 aromatic rings. The average molecular weight is 410 g/mol. The van der Waals surface area contributed by atoms with E-state index in [1.807, 2.05) is 13.1 Å². The molecule has 2 aromatic heterocycles. The van der Waals surface area contributed by atoms with Gasteiger partial charge in [-0.2, -0.15) is 0 Å². The van der Waals surface area contributed by atoms with Gasteiger partial charge in [-0.25, -0.2) is 0 Å². The number of carbonyl (C=O) groups is 1. The van der Waals surface area contributed by atoms with Crippen molar-refractivity contribution in [1.82, 2.24) is 4.98 Å². The molecule has 1 spiro atoms. The highest BCUT2D eigenvalue weighted by Crippen LogP contribution is 2.58. The minimum Gasteiger partial charge on any atom is -0.378 e. The Hall–Kier alpha value is -2.10. The van der Waals surface area contributed by atoms with Crippen LogP contribution >= 0.6 is 23.1 Å². The monoisotopic (exact) mass is 409 g/mol. The third kappa shape index (κ3) is 3.61. The van der Waals surface area contributed by atoms with Crippen molar-refractivity contribution in [2.45, 2.75) is 49.8 Å². The number of carbonyl (C=O) groups excluding carboxylic acids is 1. The molecule has 4 rings (SSSR count). The Morgan fingerprint density at radius 2 is 2.14 bits per heavy atom. The van der Waals surface area contributed by atoms with Gasteiger partial charge in [0.25, 0.3) is 0 Å². The van der Waals surface area contributed by atoms with E-state index in [2.05, 4.69) is 41.3 Å². The maximum absolute atomic E-state index is 10.8. The number of hydrogen-bond donors (Lipinski definition) is 1. The van der Waals surface area contributed by atoms with Gasteiger partial charge in [0, 0.05) is 39.6 Å². The number of pyridine rings is 1. The number of thioether (sulfide) groups is 1. The molecule has 1 unspecified atom stereocenters. The summed E-state index contributed by atoms with van der Waals surface area (Å²) < 4.78 is 0.122. The van der Waals surface area contributed by atoms with E-state index >= 15 is 0 Å². The van der Waals surface area contributed by atoms with Gasteiger partial charge in [0.15, 0.2) is 5.17 Å². The fraction of sp³-hybridized carbons (Fsp3) is 0.409. The SMILES string of the molecule is CC#Cc1cncc(-c2csc(C3(C)CC4(CC(CC=O)C4)SC(N)=N3)c2)c1. The van der Waals surface area contributed by atoms with Crippen LogP contribution in [0, 0.1) is 17.8 Å². The zero-order valence-corrected chi connectivity index (χ0v) is 17.7. The van der Waals surface area contributed by atoms with Crippen molar-refractivity contribution in [3.8, 4) is 23.0 Å². The molecule has 1 fully saturated rings. The molecule has 0 radical (unpaired) electrons. The molecule has 0 bridgehead atoms. The number of aromatic nitrogens is 1. The summed E-state index contributed by atoms with van der Waals surface area (Å²) >= 11 is 3.43. The van der Waals surface area contributed by atoms with Crippen molar-refractivity contribution in [3.05, 3.63) is 40.3 Å². The van der Waals surface area contributed by atoms with Crippen LogP contribution in [0.5, 0.6) is 0 Å². The Morgan fingerprint density at radius 3 is 2.89 bits per heavy atom. The van der Waals surface area contributed by atoms with Gasteiger partial charge in [-0.05, 0) is 62.1 Å². The van der Waals surface area contributed by atoms with Crippen LogP contribution in [0.2, 0.25) is 0 Å². The first-order valence-electron chi connectivity index (χ1n) is 9.40. The summed E-state index contributed by atoms with van der Waals surface area (Å²) in [4.78, 5) is 21.2. The van der Waals surface area contributed by atoms with E-state index in [0.29, 0.717) is 17.5 Å². The van der Waals surface area contributed by atoms with Gasteiger partial charge in [0.05, 0.1) is 5.54 Å². The van der Waals surface area contributed by atoms with Crippen LogP contribution in [0.15, 0.2) is 34.9 Å². The molecule has 1 saturated carbocycles. The summed E-state index contributed by atoms with van der Waals surface area (Å²) in [6.45, 7) is 4.01. The predicted octanol–water partition coefficient (Wildman–Crippen LogP) is 4.59. The minimum absolute atomic E-state index is 0.122. The molecule has 4 nitrogen and oxygen atoms in total. The Balaban J connectivity index is 1.60. The lowest BCUT2D eigenvalue weighted by Crippen LogP contribution is -2.49. The fourth-order valence-electron chi connectivity index (χ4n) is 4.44.